The number of aromatic nitrogens is 2. The van der Waals surface area contributed by atoms with Crippen molar-refractivity contribution in [1.29, 1.82) is 0 Å². The summed E-state index contributed by atoms with van der Waals surface area (Å²) >= 11 is 1.44. The SMILES string of the molecule is CCn1c(SCC(=O)NCc2ccc(NC(=O)NC(C)C)cc2)nc2ccccc21. The Balaban J connectivity index is 1.49. The predicted octanol–water partition coefficient (Wildman–Crippen LogP) is 3.99. The van der Waals surface area contributed by atoms with Gasteiger partial charge in [-0.3, -0.25) is 4.79 Å². The van der Waals surface area contributed by atoms with Crippen molar-refractivity contribution in [2.45, 2.75) is 45.1 Å². The summed E-state index contributed by atoms with van der Waals surface area (Å²) in [6, 6.07) is 15.2. The van der Waals surface area contributed by atoms with Crippen LogP contribution in [0.4, 0.5) is 10.5 Å². The number of urea groups is 1. The summed E-state index contributed by atoms with van der Waals surface area (Å²) in [5.41, 5.74) is 3.69. The molecule has 3 rings (SSSR count). The number of hydrogen-bond donors (Lipinski definition) is 3. The third-order valence-electron chi connectivity index (χ3n) is 4.39. The molecule has 0 aliphatic heterocycles. The van der Waals surface area contributed by atoms with Crippen molar-refractivity contribution >= 4 is 40.4 Å². The second kappa shape index (κ2) is 10.2. The van der Waals surface area contributed by atoms with Gasteiger partial charge in [-0.05, 0) is 50.6 Å². The zero-order valence-electron chi connectivity index (χ0n) is 17.4. The number of nitrogens with zero attached hydrogens (tertiary/aromatic N) is 2. The summed E-state index contributed by atoms with van der Waals surface area (Å²) in [4.78, 5) is 28.6. The van der Waals surface area contributed by atoms with Gasteiger partial charge in [-0.1, -0.05) is 36.0 Å². The predicted molar refractivity (Wildman–Crippen MR) is 122 cm³/mol. The molecule has 7 nitrogen and oxygen atoms in total. The van der Waals surface area contributed by atoms with E-state index in [0.29, 0.717) is 18.0 Å². The summed E-state index contributed by atoms with van der Waals surface area (Å²) in [5.74, 6) is 0.256. The van der Waals surface area contributed by atoms with E-state index >= 15 is 0 Å². The number of fused-ring (bicyclic) bond motifs is 1. The Morgan fingerprint density at radius 1 is 1.10 bits per heavy atom. The van der Waals surface area contributed by atoms with E-state index in [-0.39, 0.29) is 18.0 Å². The molecular weight excluding hydrogens is 398 g/mol. The fourth-order valence-corrected chi connectivity index (χ4v) is 3.89. The maximum atomic E-state index is 12.3. The smallest absolute Gasteiger partial charge is 0.319 e. The van der Waals surface area contributed by atoms with Crippen LogP contribution in [0.5, 0.6) is 0 Å². The molecule has 158 valence electrons. The minimum Gasteiger partial charge on any atom is -0.351 e. The molecule has 0 atom stereocenters. The highest BCUT2D eigenvalue weighted by atomic mass is 32.2. The van der Waals surface area contributed by atoms with Crippen LogP contribution in [0.15, 0.2) is 53.7 Å². The Kier molecular flexibility index (Phi) is 7.35. The van der Waals surface area contributed by atoms with Crippen molar-refractivity contribution in [3.05, 3.63) is 54.1 Å². The first kappa shape index (κ1) is 21.7. The van der Waals surface area contributed by atoms with Crippen LogP contribution in [0.3, 0.4) is 0 Å². The molecule has 30 heavy (non-hydrogen) atoms. The van der Waals surface area contributed by atoms with E-state index in [9.17, 15) is 9.59 Å². The number of thioether (sulfide) groups is 1. The maximum Gasteiger partial charge on any atom is 0.319 e. The minimum absolute atomic E-state index is 0.0479. The summed E-state index contributed by atoms with van der Waals surface area (Å²) < 4.78 is 2.12. The van der Waals surface area contributed by atoms with Crippen LogP contribution in [0.25, 0.3) is 11.0 Å². The molecule has 0 fully saturated rings. The number of benzene rings is 2. The van der Waals surface area contributed by atoms with Crippen LogP contribution in [-0.4, -0.2) is 33.3 Å². The highest BCUT2D eigenvalue weighted by Crippen LogP contribution is 2.23. The first-order valence-electron chi connectivity index (χ1n) is 9.97. The van der Waals surface area contributed by atoms with Gasteiger partial charge in [0.2, 0.25) is 5.91 Å². The zero-order valence-corrected chi connectivity index (χ0v) is 18.3. The molecule has 3 N–H and O–H groups in total. The van der Waals surface area contributed by atoms with E-state index in [2.05, 4.69) is 32.4 Å². The molecule has 8 heteroatoms. The van der Waals surface area contributed by atoms with Gasteiger partial charge in [-0.25, -0.2) is 9.78 Å². The quantitative estimate of drug-likeness (QED) is 0.476. The number of hydrogen-bond acceptors (Lipinski definition) is 4. The number of amides is 3. The van der Waals surface area contributed by atoms with Gasteiger partial charge >= 0.3 is 6.03 Å². The van der Waals surface area contributed by atoms with Crippen molar-refractivity contribution in [1.82, 2.24) is 20.2 Å². The Labute approximate surface area is 180 Å². The third kappa shape index (κ3) is 5.76. The van der Waals surface area contributed by atoms with Crippen LogP contribution in [0.2, 0.25) is 0 Å². The Bertz CT molecular complexity index is 1010. The molecule has 2 aromatic carbocycles. The van der Waals surface area contributed by atoms with E-state index in [1.807, 2.05) is 62.4 Å². The normalized spacial score (nSPS) is 10.9. The van der Waals surface area contributed by atoms with Gasteiger partial charge in [0.05, 0.1) is 16.8 Å². The topological polar surface area (TPSA) is 88.0 Å². The van der Waals surface area contributed by atoms with Crippen molar-refractivity contribution in [3.63, 3.8) is 0 Å². The molecule has 0 spiro atoms. The molecular formula is C22H27N5O2S. The number of anilines is 1. The molecule has 3 amide bonds. The Morgan fingerprint density at radius 3 is 2.53 bits per heavy atom. The van der Waals surface area contributed by atoms with Crippen LogP contribution in [0.1, 0.15) is 26.3 Å². The molecule has 0 bridgehead atoms. The summed E-state index contributed by atoms with van der Waals surface area (Å²) in [7, 11) is 0. The molecule has 0 unspecified atom stereocenters. The highest BCUT2D eigenvalue weighted by Gasteiger charge is 2.11. The van der Waals surface area contributed by atoms with Gasteiger partial charge in [0.15, 0.2) is 5.16 Å². The summed E-state index contributed by atoms with van der Waals surface area (Å²) in [5, 5.41) is 9.33. The molecule has 0 aliphatic rings. The summed E-state index contributed by atoms with van der Waals surface area (Å²) in [6.45, 7) is 7.12. The van der Waals surface area contributed by atoms with Gasteiger partial charge in [0.25, 0.3) is 0 Å². The second-order valence-corrected chi connectivity index (χ2v) is 8.09. The number of para-hydroxylation sites is 2. The van der Waals surface area contributed by atoms with Gasteiger partial charge in [-0.15, -0.1) is 0 Å². The van der Waals surface area contributed by atoms with Gasteiger partial charge in [-0.2, -0.15) is 0 Å². The third-order valence-corrected chi connectivity index (χ3v) is 5.37. The fourth-order valence-electron chi connectivity index (χ4n) is 2.99. The van der Waals surface area contributed by atoms with E-state index in [1.54, 1.807) is 0 Å². The lowest BCUT2D eigenvalue weighted by Crippen LogP contribution is -2.34. The highest BCUT2D eigenvalue weighted by molar-refractivity contribution is 7.99. The number of aryl methyl sites for hydroxylation is 1. The first-order valence-corrected chi connectivity index (χ1v) is 11.0. The lowest BCUT2D eigenvalue weighted by molar-refractivity contribution is -0.118. The van der Waals surface area contributed by atoms with Crippen LogP contribution in [-0.2, 0) is 17.9 Å². The van der Waals surface area contributed by atoms with Crippen molar-refractivity contribution in [2.75, 3.05) is 11.1 Å². The average molecular weight is 426 g/mol. The molecule has 0 radical (unpaired) electrons. The van der Waals surface area contributed by atoms with Gasteiger partial charge < -0.3 is 20.5 Å². The average Bonchev–Trinajstić information content (AvgIpc) is 3.08. The number of imidazole rings is 1. The van der Waals surface area contributed by atoms with E-state index in [1.165, 1.54) is 11.8 Å². The lowest BCUT2D eigenvalue weighted by Gasteiger charge is -2.11. The van der Waals surface area contributed by atoms with E-state index in [0.717, 1.165) is 28.3 Å². The Morgan fingerprint density at radius 2 is 1.83 bits per heavy atom. The zero-order chi connectivity index (χ0) is 21.5. The second-order valence-electron chi connectivity index (χ2n) is 7.14. The number of carbonyl (C=O) groups excluding carboxylic acids is 2. The van der Waals surface area contributed by atoms with Crippen LogP contribution >= 0.6 is 11.8 Å². The molecule has 0 saturated carbocycles. The van der Waals surface area contributed by atoms with E-state index in [4.69, 9.17) is 0 Å². The van der Waals surface area contributed by atoms with Crippen molar-refractivity contribution < 1.29 is 9.59 Å². The molecule has 3 aromatic rings. The van der Waals surface area contributed by atoms with E-state index < -0.39 is 0 Å². The standard InChI is InChI=1S/C22H27N5O2S/c1-4-27-19-8-6-5-7-18(19)26-22(27)30-14-20(28)23-13-16-9-11-17(12-10-16)25-21(29)24-15(2)3/h5-12,15H,4,13-14H2,1-3H3,(H,23,28)(H2,24,25,29). The number of nitrogens with one attached hydrogen (secondary N) is 3. The number of carbonyl (C=O) groups is 2. The first-order chi connectivity index (χ1) is 14.5. The number of rotatable bonds is 8. The van der Waals surface area contributed by atoms with Crippen LogP contribution in [0, 0.1) is 0 Å². The fraction of sp³-hybridized carbons (Fsp3) is 0.318. The van der Waals surface area contributed by atoms with Crippen molar-refractivity contribution in [3.8, 4) is 0 Å². The van der Waals surface area contributed by atoms with Gasteiger partial charge in [0.1, 0.15) is 0 Å². The minimum atomic E-state index is -0.235. The Hall–Kier alpha value is -3.00. The molecule has 0 saturated heterocycles. The summed E-state index contributed by atoms with van der Waals surface area (Å²) in [6.07, 6.45) is 0. The van der Waals surface area contributed by atoms with Crippen LogP contribution < -0.4 is 16.0 Å². The molecule has 0 aliphatic carbocycles. The lowest BCUT2D eigenvalue weighted by atomic mass is 10.2. The van der Waals surface area contributed by atoms with Crippen molar-refractivity contribution in [2.24, 2.45) is 0 Å². The monoisotopic (exact) mass is 425 g/mol. The molecule has 1 aromatic heterocycles. The largest absolute Gasteiger partial charge is 0.351 e. The maximum absolute atomic E-state index is 12.3. The molecule has 1 heterocycles. The van der Waals surface area contributed by atoms with Gasteiger partial charge in [0, 0.05) is 24.8 Å².